The monoisotopic (exact) mass is 341 g/mol. The number of benzene rings is 3. The molecule has 1 atom stereocenters. The van der Waals surface area contributed by atoms with E-state index in [0.29, 0.717) is 12.8 Å². The molecule has 0 amide bonds. The Labute approximate surface area is 152 Å². The SMILES string of the molecule is O=CC(=O)C1CN(C(c2ccccc2)c2ccccc2)c2ccccc21. The van der Waals surface area contributed by atoms with Gasteiger partial charge in [0.05, 0.1) is 12.0 Å². The summed E-state index contributed by atoms with van der Waals surface area (Å²) in [5.74, 6) is -0.765. The van der Waals surface area contributed by atoms with Crippen LogP contribution in [0.3, 0.4) is 0 Å². The second-order valence-corrected chi connectivity index (χ2v) is 6.51. The summed E-state index contributed by atoms with van der Waals surface area (Å²) in [6, 6.07) is 28.4. The zero-order valence-electron chi connectivity index (χ0n) is 14.3. The molecule has 3 aromatic rings. The fraction of sp³-hybridized carbons (Fsp3) is 0.130. The maximum atomic E-state index is 12.2. The van der Waals surface area contributed by atoms with Gasteiger partial charge in [0.15, 0.2) is 6.29 Å². The summed E-state index contributed by atoms with van der Waals surface area (Å²) in [4.78, 5) is 25.6. The van der Waals surface area contributed by atoms with E-state index in [1.165, 1.54) is 0 Å². The van der Waals surface area contributed by atoms with Gasteiger partial charge in [-0.05, 0) is 22.8 Å². The number of anilines is 1. The van der Waals surface area contributed by atoms with Gasteiger partial charge in [-0.15, -0.1) is 0 Å². The van der Waals surface area contributed by atoms with Gasteiger partial charge in [-0.1, -0.05) is 78.9 Å². The first-order valence-electron chi connectivity index (χ1n) is 8.74. The van der Waals surface area contributed by atoms with Gasteiger partial charge in [-0.25, -0.2) is 0 Å². The van der Waals surface area contributed by atoms with Crippen molar-refractivity contribution in [3.63, 3.8) is 0 Å². The van der Waals surface area contributed by atoms with E-state index in [-0.39, 0.29) is 11.8 Å². The second-order valence-electron chi connectivity index (χ2n) is 6.51. The smallest absolute Gasteiger partial charge is 0.204 e. The van der Waals surface area contributed by atoms with Crippen molar-refractivity contribution in [3.05, 3.63) is 102 Å². The van der Waals surface area contributed by atoms with Crippen LogP contribution in [0.15, 0.2) is 84.9 Å². The van der Waals surface area contributed by atoms with Gasteiger partial charge in [0.2, 0.25) is 5.78 Å². The largest absolute Gasteiger partial charge is 0.359 e. The molecular formula is C23H19NO2. The number of carbonyl (C=O) groups excluding carboxylic acids is 2. The lowest BCUT2D eigenvalue weighted by Gasteiger charge is -2.31. The summed E-state index contributed by atoms with van der Waals surface area (Å²) in [7, 11) is 0. The first kappa shape index (κ1) is 16.3. The molecule has 4 rings (SSSR count). The zero-order valence-corrected chi connectivity index (χ0v) is 14.3. The Bertz CT molecular complexity index is 882. The third kappa shape index (κ3) is 2.82. The fourth-order valence-corrected chi connectivity index (χ4v) is 3.83. The highest BCUT2D eigenvalue weighted by Gasteiger charge is 2.37. The standard InChI is InChI=1S/C23H19NO2/c25-16-22(26)20-15-24(21-14-8-7-13-19(20)21)23(17-9-3-1-4-10-17)18-11-5-2-6-12-18/h1-14,16,20,23H,15H2. The van der Waals surface area contributed by atoms with Crippen LogP contribution >= 0.6 is 0 Å². The molecule has 26 heavy (non-hydrogen) atoms. The van der Waals surface area contributed by atoms with Crippen LogP contribution in [0.5, 0.6) is 0 Å². The van der Waals surface area contributed by atoms with Crippen LogP contribution in [0.1, 0.15) is 28.7 Å². The van der Waals surface area contributed by atoms with Crippen LogP contribution in [0.2, 0.25) is 0 Å². The third-order valence-electron chi connectivity index (χ3n) is 5.00. The molecule has 0 saturated carbocycles. The highest BCUT2D eigenvalue weighted by atomic mass is 16.2. The number of nitrogens with zero attached hydrogens (tertiary/aromatic N) is 1. The van der Waals surface area contributed by atoms with Crippen molar-refractivity contribution < 1.29 is 9.59 Å². The molecule has 0 aliphatic carbocycles. The minimum atomic E-state index is -0.404. The molecule has 1 aliphatic heterocycles. The number of hydrogen-bond acceptors (Lipinski definition) is 3. The second kappa shape index (κ2) is 6.96. The molecule has 0 radical (unpaired) electrons. The van der Waals surface area contributed by atoms with Crippen molar-refractivity contribution in [3.8, 4) is 0 Å². The lowest BCUT2D eigenvalue weighted by Crippen LogP contribution is -2.30. The molecular weight excluding hydrogens is 322 g/mol. The Kier molecular flexibility index (Phi) is 4.36. The van der Waals surface area contributed by atoms with E-state index < -0.39 is 5.92 Å². The Balaban J connectivity index is 1.85. The van der Waals surface area contributed by atoms with E-state index in [2.05, 4.69) is 29.2 Å². The highest BCUT2D eigenvalue weighted by Crippen LogP contribution is 2.43. The predicted octanol–water partition coefficient (Wildman–Crippen LogP) is 4.15. The number of carbonyl (C=O) groups is 2. The number of rotatable bonds is 5. The zero-order chi connectivity index (χ0) is 17.9. The van der Waals surface area contributed by atoms with Crippen LogP contribution in [0.4, 0.5) is 5.69 Å². The van der Waals surface area contributed by atoms with Crippen molar-refractivity contribution in [1.82, 2.24) is 0 Å². The van der Waals surface area contributed by atoms with Crippen LogP contribution in [0, 0.1) is 0 Å². The number of hydrogen-bond donors (Lipinski definition) is 0. The lowest BCUT2D eigenvalue weighted by molar-refractivity contribution is -0.130. The van der Waals surface area contributed by atoms with Crippen LogP contribution in [0.25, 0.3) is 0 Å². The Morgan fingerprint density at radius 1 is 0.846 bits per heavy atom. The van der Waals surface area contributed by atoms with E-state index in [1.54, 1.807) is 0 Å². The average molecular weight is 341 g/mol. The molecule has 1 unspecified atom stereocenters. The molecule has 0 N–H and O–H groups in total. The molecule has 1 heterocycles. The molecule has 0 saturated heterocycles. The molecule has 3 aromatic carbocycles. The van der Waals surface area contributed by atoms with Gasteiger partial charge < -0.3 is 4.90 Å². The van der Waals surface area contributed by atoms with Crippen molar-refractivity contribution in [2.24, 2.45) is 0 Å². The summed E-state index contributed by atoms with van der Waals surface area (Å²) < 4.78 is 0. The first-order valence-corrected chi connectivity index (χ1v) is 8.74. The van der Waals surface area contributed by atoms with Gasteiger partial charge in [-0.2, -0.15) is 0 Å². The van der Waals surface area contributed by atoms with Crippen molar-refractivity contribution in [2.75, 3.05) is 11.4 Å². The number of fused-ring (bicyclic) bond motifs is 1. The molecule has 0 spiro atoms. The number of para-hydroxylation sites is 1. The van der Waals surface area contributed by atoms with E-state index in [1.807, 2.05) is 60.7 Å². The molecule has 0 fully saturated rings. The summed E-state index contributed by atoms with van der Waals surface area (Å²) in [5.41, 5.74) is 4.27. The van der Waals surface area contributed by atoms with E-state index >= 15 is 0 Å². The fourth-order valence-electron chi connectivity index (χ4n) is 3.83. The maximum Gasteiger partial charge on any atom is 0.204 e. The summed E-state index contributed by atoms with van der Waals surface area (Å²) in [5, 5.41) is 0. The third-order valence-corrected chi connectivity index (χ3v) is 5.00. The molecule has 0 aromatic heterocycles. The Morgan fingerprint density at radius 2 is 1.38 bits per heavy atom. The van der Waals surface area contributed by atoms with Crippen LogP contribution < -0.4 is 4.90 Å². The van der Waals surface area contributed by atoms with Crippen molar-refractivity contribution >= 4 is 17.8 Å². The van der Waals surface area contributed by atoms with Crippen molar-refractivity contribution in [1.29, 1.82) is 0 Å². The van der Waals surface area contributed by atoms with Gasteiger partial charge in [0.1, 0.15) is 0 Å². The van der Waals surface area contributed by atoms with E-state index in [4.69, 9.17) is 0 Å². The molecule has 128 valence electrons. The first-order chi connectivity index (χ1) is 12.8. The molecule has 3 nitrogen and oxygen atoms in total. The predicted molar refractivity (Wildman–Crippen MR) is 102 cm³/mol. The molecule has 0 bridgehead atoms. The summed E-state index contributed by atoms with van der Waals surface area (Å²) in [6.45, 7) is 0.505. The summed E-state index contributed by atoms with van der Waals surface area (Å²) in [6.07, 6.45) is 0.449. The van der Waals surface area contributed by atoms with Crippen molar-refractivity contribution in [2.45, 2.75) is 12.0 Å². The summed E-state index contributed by atoms with van der Waals surface area (Å²) >= 11 is 0. The van der Waals surface area contributed by atoms with Gasteiger partial charge in [0.25, 0.3) is 0 Å². The Hall–Kier alpha value is -3.20. The van der Waals surface area contributed by atoms with Crippen LogP contribution in [-0.2, 0) is 9.59 Å². The Morgan fingerprint density at radius 3 is 1.96 bits per heavy atom. The van der Waals surface area contributed by atoms with Gasteiger partial charge in [-0.3, -0.25) is 9.59 Å². The average Bonchev–Trinajstić information content (AvgIpc) is 3.09. The van der Waals surface area contributed by atoms with Crippen LogP contribution in [-0.4, -0.2) is 18.6 Å². The number of Topliss-reactive ketones (excluding diaryl/α,β-unsaturated/α-hetero) is 1. The highest BCUT2D eigenvalue weighted by molar-refractivity contribution is 6.28. The quantitative estimate of drug-likeness (QED) is 0.517. The van der Waals surface area contributed by atoms with Gasteiger partial charge >= 0.3 is 0 Å². The van der Waals surface area contributed by atoms with E-state index in [0.717, 1.165) is 22.4 Å². The maximum absolute atomic E-state index is 12.2. The number of ketones is 1. The minimum Gasteiger partial charge on any atom is -0.359 e. The van der Waals surface area contributed by atoms with E-state index in [9.17, 15) is 9.59 Å². The minimum absolute atomic E-state index is 0.0111. The lowest BCUT2D eigenvalue weighted by atomic mass is 9.96. The molecule has 1 aliphatic rings. The molecule has 3 heteroatoms. The normalized spacial score (nSPS) is 15.7. The topological polar surface area (TPSA) is 37.4 Å². The van der Waals surface area contributed by atoms with Gasteiger partial charge in [0, 0.05) is 12.2 Å². The number of aldehydes is 1.